The van der Waals surface area contributed by atoms with E-state index in [1.165, 1.54) is 0 Å². The normalized spacial score (nSPS) is 10.1. The number of aromatic amines is 1. The Morgan fingerprint density at radius 1 is 1.44 bits per heavy atom. The second kappa shape index (κ2) is 5.38. The predicted molar refractivity (Wildman–Crippen MR) is 72.7 cm³/mol. The van der Waals surface area contributed by atoms with Crippen LogP contribution in [0.5, 0.6) is 0 Å². The quantitative estimate of drug-likeness (QED) is 0.875. The van der Waals surface area contributed by atoms with E-state index >= 15 is 0 Å². The van der Waals surface area contributed by atoms with Gasteiger partial charge in [-0.25, -0.2) is 0 Å². The summed E-state index contributed by atoms with van der Waals surface area (Å²) in [6.45, 7) is 0. The van der Waals surface area contributed by atoms with Crippen molar-refractivity contribution < 1.29 is 4.79 Å². The lowest BCUT2D eigenvalue weighted by atomic mass is 10.1. The third kappa shape index (κ3) is 2.63. The monoisotopic (exact) mass is 322 g/mol. The van der Waals surface area contributed by atoms with Crippen molar-refractivity contribution in [2.75, 3.05) is 0 Å². The topological polar surface area (TPSA) is 56.6 Å². The van der Waals surface area contributed by atoms with E-state index in [2.05, 4.69) is 20.9 Å². The summed E-state index contributed by atoms with van der Waals surface area (Å²) in [5.74, 6) is -0.159. The lowest BCUT2D eigenvalue weighted by molar-refractivity contribution is 0.103. The van der Waals surface area contributed by atoms with Gasteiger partial charge >= 0.3 is 0 Å². The largest absolute Gasteiger partial charge is 0.354 e. The summed E-state index contributed by atoms with van der Waals surface area (Å²) in [7, 11) is 0. The SMILES string of the molecule is N#CCc1cc(Br)c(C(=O)c2cccc(Cl)c2)[nH]1. The van der Waals surface area contributed by atoms with Crippen molar-refractivity contribution in [3.8, 4) is 6.07 Å². The number of hydrogen-bond donors (Lipinski definition) is 1. The standard InChI is InChI=1S/C13H8BrClN2O/c14-11-7-10(4-5-16)17-12(11)13(18)8-2-1-3-9(15)6-8/h1-3,6-7,17H,4H2. The number of carbonyl (C=O) groups excluding carboxylic acids is 1. The van der Waals surface area contributed by atoms with Crippen molar-refractivity contribution in [1.29, 1.82) is 5.26 Å². The summed E-state index contributed by atoms with van der Waals surface area (Å²) in [5, 5.41) is 9.14. The molecule has 0 amide bonds. The van der Waals surface area contributed by atoms with E-state index in [4.69, 9.17) is 16.9 Å². The van der Waals surface area contributed by atoms with Crippen molar-refractivity contribution in [1.82, 2.24) is 4.98 Å². The van der Waals surface area contributed by atoms with Crippen LogP contribution < -0.4 is 0 Å². The van der Waals surface area contributed by atoms with E-state index < -0.39 is 0 Å². The summed E-state index contributed by atoms with van der Waals surface area (Å²) in [6.07, 6.45) is 0.238. The van der Waals surface area contributed by atoms with E-state index in [-0.39, 0.29) is 12.2 Å². The van der Waals surface area contributed by atoms with Gasteiger partial charge in [-0.3, -0.25) is 4.79 Å². The molecular weight excluding hydrogens is 316 g/mol. The molecular formula is C13H8BrClN2O. The Labute approximate surface area is 118 Å². The Morgan fingerprint density at radius 3 is 2.89 bits per heavy atom. The van der Waals surface area contributed by atoms with Crippen LogP contribution in [0, 0.1) is 11.3 Å². The molecule has 2 rings (SSSR count). The van der Waals surface area contributed by atoms with Gasteiger partial charge in [0.2, 0.25) is 5.78 Å². The highest BCUT2D eigenvalue weighted by atomic mass is 79.9. The van der Waals surface area contributed by atoms with Gasteiger partial charge in [-0.2, -0.15) is 5.26 Å². The summed E-state index contributed by atoms with van der Waals surface area (Å²) < 4.78 is 0.651. The van der Waals surface area contributed by atoms with Gasteiger partial charge in [-0.1, -0.05) is 23.7 Å². The third-order valence-electron chi connectivity index (χ3n) is 2.41. The molecule has 2 aromatic rings. The van der Waals surface area contributed by atoms with Crippen molar-refractivity contribution in [3.05, 3.63) is 56.8 Å². The zero-order valence-corrected chi connectivity index (χ0v) is 11.5. The second-order valence-electron chi connectivity index (χ2n) is 3.69. The second-order valence-corrected chi connectivity index (χ2v) is 4.98. The molecule has 0 aliphatic rings. The van der Waals surface area contributed by atoms with Crippen molar-refractivity contribution >= 4 is 33.3 Å². The molecule has 0 saturated heterocycles. The molecule has 1 aromatic heterocycles. The molecule has 0 fully saturated rings. The Kier molecular flexibility index (Phi) is 3.85. The van der Waals surface area contributed by atoms with E-state index in [0.29, 0.717) is 26.4 Å². The Hall–Kier alpha value is -1.57. The van der Waals surface area contributed by atoms with Crippen LogP contribution in [0.15, 0.2) is 34.8 Å². The maximum atomic E-state index is 12.2. The number of benzene rings is 1. The minimum absolute atomic E-state index is 0.159. The summed E-state index contributed by atoms with van der Waals surface area (Å²) in [4.78, 5) is 15.2. The number of hydrogen-bond acceptors (Lipinski definition) is 2. The first kappa shape index (κ1) is 12.9. The lowest BCUT2D eigenvalue weighted by Gasteiger charge is -2.00. The molecule has 0 aliphatic carbocycles. The van der Waals surface area contributed by atoms with Crippen molar-refractivity contribution in [2.45, 2.75) is 6.42 Å². The first-order valence-electron chi connectivity index (χ1n) is 5.16. The molecule has 0 unspecified atom stereocenters. The van der Waals surface area contributed by atoms with Crippen LogP contribution in [0.25, 0.3) is 0 Å². The first-order valence-corrected chi connectivity index (χ1v) is 6.33. The molecule has 18 heavy (non-hydrogen) atoms. The number of halogens is 2. The molecule has 0 saturated carbocycles. The first-order chi connectivity index (χ1) is 8.61. The van der Waals surface area contributed by atoms with Crippen LogP contribution in [0.3, 0.4) is 0 Å². The maximum absolute atomic E-state index is 12.2. The van der Waals surface area contributed by atoms with Crippen LogP contribution in [-0.2, 0) is 6.42 Å². The van der Waals surface area contributed by atoms with Gasteiger partial charge in [0.15, 0.2) is 0 Å². The number of nitriles is 1. The number of carbonyl (C=O) groups is 1. The Bertz CT molecular complexity index is 643. The van der Waals surface area contributed by atoms with Gasteiger partial charge in [-0.15, -0.1) is 0 Å². The van der Waals surface area contributed by atoms with Crippen LogP contribution in [0.4, 0.5) is 0 Å². The van der Waals surface area contributed by atoms with Gasteiger partial charge in [-0.05, 0) is 34.1 Å². The average Bonchev–Trinajstić information content (AvgIpc) is 2.70. The molecule has 0 atom stereocenters. The molecule has 0 aliphatic heterocycles. The van der Waals surface area contributed by atoms with Crippen molar-refractivity contribution in [3.63, 3.8) is 0 Å². The molecule has 5 heteroatoms. The van der Waals surface area contributed by atoms with Crippen LogP contribution in [0.1, 0.15) is 21.7 Å². The molecule has 0 spiro atoms. The average molecular weight is 324 g/mol. The molecule has 1 aromatic carbocycles. The van der Waals surface area contributed by atoms with Gasteiger partial charge < -0.3 is 4.98 Å². The van der Waals surface area contributed by atoms with Gasteiger partial charge in [0.25, 0.3) is 0 Å². The van der Waals surface area contributed by atoms with Crippen molar-refractivity contribution in [2.24, 2.45) is 0 Å². The van der Waals surface area contributed by atoms with Crippen LogP contribution >= 0.6 is 27.5 Å². The zero-order valence-electron chi connectivity index (χ0n) is 9.21. The molecule has 0 radical (unpaired) electrons. The van der Waals surface area contributed by atoms with Gasteiger partial charge in [0.1, 0.15) is 5.69 Å². The number of ketones is 1. The number of aromatic nitrogens is 1. The highest BCUT2D eigenvalue weighted by Gasteiger charge is 2.16. The summed E-state index contributed by atoms with van der Waals surface area (Å²) in [5.41, 5.74) is 1.64. The number of rotatable bonds is 3. The lowest BCUT2D eigenvalue weighted by Crippen LogP contribution is -2.02. The Morgan fingerprint density at radius 2 is 2.22 bits per heavy atom. The van der Waals surface area contributed by atoms with E-state index in [0.717, 1.165) is 0 Å². The van der Waals surface area contributed by atoms with E-state index in [1.54, 1.807) is 30.3 Å². The molecule has 1 heterocycles. The number of H-pyrrole nitrogens is 1. The molecule has 3 nitrogen and oxygen atoms in total. The van der Waals surface area contributed by atoms with E-state index in [9.17, 15) is 4.79 Å². The highest BCUT2D eigenvalue weighted by molar-refractivity contribution is 9.10. The number of nitrogens with zero attached hydrogens (tertiary/aromatic N) is 1. The fraction of sp³-hybridized carbons (Fsp3) is 0.0769. The van der Waals surface area contributed by atoms with Crippen LogP contribution in [0.2, 0.25) is 5.02 Å². The third-order valence-corrected chi connectivity index (χ3v) is 3.27. The summed E-state index contributed by atoms with van der Waals surface area (Å²) >= 11 is 9.16. The Balaban J connectivity index is 2.37. The zero-order chi connectivity index (χ0) is 13.1. The smallest absolute Gasteiger partial charge is 0.210 e. The van der Waals surface area contributed by atoms with Gasteiger partial charge in [0.05, 0.1) is 12.5 Å². The predicted octanol–water partition coefficient (Wildman–Crippen LogP) is 3.73. The molecule has 0 bridgehead atoms. The molecule has 1 N–H and O–H groups in total. The minimum atomic E-state index is -0.159. The fourth-order valence-electron chi connectivity index (χ4n) is 1.60. The highest BCUT2D eigenvalue weighted by Crippen LogP contribution is 2.22. The van der Waals surface area contributed by atoms with Crippen LogP contribution in [-0.4, -0.2) is 10.8 Å². The maximum Gasteiger partial charge on any atom is 0.210 e. The number of nitrogens with one attached hydrogen (secondary N) is 1. The minimum Gasteiger partial charge on any atom is -0.354 e. The van der Waals surface area contributed by atoms with Gasteiger partial charge in [0, 0.05) is 20.8 Å². The summed E-state index contributed by atoms with van der Waals surface area (Å²) in [6, 6.07) is 10.5. The fourth-order valence-corrected chi connectivity index (χ4v) is 2.35. The molecule has 90 valence electrons. The van der Waals surface area contributed by atoms with E-state index in [1.807, 2.05) is 6.07 Å².